The summed E-state index contributed by atoms with van der Waals surface area (Å²) in [5.74, 6) is -12.7. The Balaban J connectivity index is 2.34. The summed E-state index contributed by atoms with van der Waals surface area (Å²) in [6.45, 7) is 14.1. The van der Waals surface area contributed by atoms with Crippen molar-refractivity contribution in [1.29, 1.82) is 0 Å². The summed E-state index contributed by atoms with van der Waals surface area (Å²) in [4.78, 5) is 123. The predicted octanol–water partition coefficient (Wildman–Crippen LogP) is 4.10. The quantitative estimate of drug-likeness (QED) is 0.194. The second kappa shape index (κ2) is 17.9. The molecule has 1 aliphatic heterocycles. The van der Waals surface area contributed by atoms with Crippen LogP contribution in [0.3, 0.4) is 0 Å². The molecular weight excluding hydrogens is 788 g/mol. The first-order chi connectivity index (χ1) is 27.8. The molecule has 0 spiro atoms. The molecule has 0 bridgehead atoms. The van der Waals surface area contributed by atoms with E-state index in [4.69, 9.17) is 37.9 Å². The van der Waals surface area contributed by atoms with Crippen molar-refractivity contribution in [3.63, 3.8) is 0 Å². The van der Waals surface area contributed by atoms with Crippen LogP contribution in [0.5, 0.6) is 0 Å². The number of ether oxygens (including phenoxy) is 8. The minimum Gasteiger partial charge on any atom is -0.458 e. The fraction of sp³-hybridized carbons (Fsp3) is 0.605. The van der Waals surface area contributed by atoms with Crippen LogP contribution in [0, 0.1) is 23.2 Å². The third-order valence-corrected chi connectivity index (χ3v) is 10.9. The van der Waals surface area contributed by atoms with Gasteiger partial charge in [-0.2, -0.15) is 0 Å². The fourth-order valence-electron chi connectivity index (χ4n) is 8.58. The molecule has 1 aromatic rings. The zero-order chi connectivity index (χ0) is 45.1. The smallest absolute Gasteiger partial charge is 0.338 e. The Kier molecular flexibility index (Phi) is 14.1. The Morgan fingerprint density at radius 2 is 1.28 bits per heavy atom. The Bertz CT molecular complexity index is 1920. The van der Waals surface area contributed by atoms with E-state index in [1.165, 1.54) is 64.1 Å². The second-order valence-electron chi connectivity index (χ2n) is 16.7. The number of esters is 8. The first-order valence-corrected chi connectivity index (χ1v) is 19.6. The van der Waals surface area contributed by atoms with Crippen molar-refractivity contribution < 1.29 is 81.0 Å². The topological polar surface area (TPSA) is 227 Å². The van der Waals surface area contributed by atoms with Crippen LogP contribution in [0.15, 0.2) is 42.5 Å². The highest BCUT2D eigenvalue weighted by Crippen LogP contribution is 2.57. The van der Waals surface area contributed by atoms with Crippen molar-refractivity contribution in [2.45, 2.75) is 143 Å². The molecule has 1 saturated carbocycles. The molecule has 17 nitrogen and oxygen atoms in total. The minimum absolute atomic E-state index is 0.0601. The van der Waals surface area contributed by atoms with Gasteiger partial charge in [0.25, 0.3) is 0 Å². The van der Waals surface area contributed by atoms with Crippen molar-refractivity contribution in [2.75, 3.05) is 0 Å². The van der Waals surface area contributed by atoms with Crippen LogP contribution in [0.4, 0.5) is 0 Å². The average Bonchev–Trinajstić information content (AvgIpc) is 3.36. The van der Waals surface area contributed by atoms with Gasteiger partial charge in [0.15, 0.2) is 53.1 Å². The molecule has 1 heterocycles. The first kappa shape index (κ1) is 47.1. The van der Waals surface area contributed by atoms with Crippen molar-refractivity contribution in [3.05, 3.63) is 48.0 Å². The molecule has 2 fully saturated rings. The van der Waals surface area contributed by atoms with E-state index in [1.807, 2.05) is 0 Å². The van der Waals surface area contributed by atoms with E-state index in [-0.39, 0.29) is 5.56 Å². The molecule has 0 N–H and O–H groups in total. The number of allylic oxidation sites excluding steroid dienone is 1. The van der Waals surface area contributed by atoms with E-state index in [0.717, 1.165) is 34.6 Å². The molecule has 2 aliphatic carbocycles. The van der Waals surface area contributed by atoms with Crippen LogP contribution in [-0.2, 0) is 76.3 Å². The van der Waals surface area contributed by atoms with Crippen LogP contribution in [0.1, 0.15) is 106 Å². The normalized spacial score (nSPS) is 32.3. The Hall–Kier alpha value is -5.61. The van der Waals surface area contributed by atoms with Gasteiger partial charge >= 0.3 is 47.8 Å². The maximum absolute atomic E-state index is 15.3. The van der Waals surface area contributed by atoms with Crippen LogP contribution >= 0.6 is 0 Å². The van der Waals surface area contributed by atoms with E-state index in [2.05, 4.69) is 0 Å². The zero-order valence-electron chi connectivity index (χ0n) is 35.7. The molecular formula is C43H54O17. The number of hydrogen-bond donors (Lipinski definition) is 0. The van der Waals surface area contributed by atoms with Gasteiger partial charge in [0.2, 0.25) is 0 Å². The molecule has 1 aromatic carbocycles. The van der Waals surface area contributed by atoms with Crippen LogP contribution in [0.2, 0.25) is 0 Å². The molecule has 60 heavy (non-hydrogen) atoms. The van der Waals surface area contributed by atoms with Gasteiger partial charge in [-0.1, -0.05) is 65.0 Å². The lowest BCUT2D eigenvalue weighted by molar-refractivity contribution is -0.265. The van der Waals surface area contributed by atoms with Crippen molar-refractivity contribution >= 4 is 53.5 Å². The third-order valence-electron chi connectivity index (χ3n) is 10.9. The van der Waals surface area contributed by atoms with Crippen molar-refractivity contribution in [3.8, 4) is 0 Å². The maximum Gasteiger partial charge on any atom is 0.338 e. The third kappa shape index (κ3) is 9.71. The molecule has 0 amide bonds. The number of rotatable bonds is 9. The number of fused-ring (bicyclic) bond motifs is 3. The summed E-state index contributed by atoms with van der Waals surface area (Å²) in [5.41, 5.74) is -8.65. The second-order valence-corrected chi connectivity index (χ2v) is 16.7. The van der Waals surface area contributed by atoms with Gasteiger partial charge in [-0.15, -0.1) is 0 Å². The maximum atomic E-state index is 15.3. The fourth-order valence-corrected chi connectivity index (χ4v) is 8.58. The molecule has 0 radical (unpaired) electrons. The lowest BCUT2D eigenvalue weighted by Gasteiger charge is -2.53. The number of benzene rings is 1. The molecule has 4 rings (SSSR count). The molecule has 10 atom stereocenters. The molecule has 17 heteroatoms. The molecule has 0 unspecified atom stereocenters. The Morgan fingerprint density at radius 1 is 0.717 bits per heavy atom. The van der Waals surface area contributed by atoms with E-state index in [0.29, 0.717) is 0 Å². The van der Waals surface area contributed by atoms with Gasteiger partial charge < -0.3 is 37.9 Å². The largest absolute Gasteiger partial charge is 0.458 e. The first-order valence-electron chi connectivity index (χ1n) is 19.6. The number of Topliss-reactive ketones (excluding diaryl/α,β-unsaturated/α-hetero) is 1. The number of hydrogen-bond acceptors (Lipinski definition) is 17. The van der Waals surface area contributed by atoms with Crippen LogP contribution < -0.4 is 0 Å². The van der Waals surface area contributed by atoms with E-state index < -0.39 is 143 Å². The predicted molar refractivity (Wildman–Crippen MR) is 205 cm³/mol. The lowest BCUT2D eigenvalue weighted by Crippen LogP contribution is -2.72. The average molecular weight is 843 g/mol. The van der Waals surface area contributed by atoms with Crippen LogP contribution in [-0.4, -0.2) is 101 Å². The summed E-state index contributed by atoms with van der Waals surface area (Å²) in [6.07, 6.45) is -8.46. The van der Waals surface area contributed by atoms with E-state index >= 15 is 4.79 Å². The van der Waals surface area contributed by atoms with Gasteiger partial charge in [0.1, 0.15) is 0 Å². The summed E-state index contributed by atoms with van der Waals surface area (Å²) < 4.78 is 48.7. The SMILES string of the molecule is CC(=O)O[C@H]1[C@H](OC(C)=O)C(C)(C)C=C[C@H](C)C(=O)[C@]2(OC(C)=O)C[C@](C)(OC(C)=O)[C@@H](OC(C)=O)[C@@H]2[C@H]2OC(=O)CC[C@]2(OC(=O)c2ccccc2)[C@H]1OC(=O)C(C)C. The standard InChI is InChI=1S/C43H54O17/c1-22(2)38(51)57-37-32(53-24(4)44)36(55-26(6)46)40(9,10)19-17-23(3)33(50)43(59-28(8)48)21-41(11,58-27(7)47)34(54-25(5)45)31(43)35-42(37,20-18-30(49)56-35)60-39(52)29-15-13-12-14-16-29/h12-17,19,22-23,31-32,34-37H,18,20-21H2,1-11H3/t23-,31+,32-,34-,35+,36-,37-,41-,42+,43-/m0/s1. The van der Waals surface area contributed by atoms with E-state index in [9.17, 15) is 38.4 Å². The van der Waals surface area contributed by atoms with Gasteiger partial charge in [-0.05, 0) is 19.1 Å². The molecule has 3 aliphatic rings. The lowest BCUT2D eigenvalue weighted by atomic mass is 9.66. The van der Waals surface area contributed by atoms with Crippen molar-refractivity contribution in [1.82, 2.24) is 0 Å². The Morgan fingerprint density at radius 3 is 1.82 bits per heavy atom. The monoisotopic (exact) mass is 842 g/mol. The number of carbonyl (C=O) groups is 9. The van der Waals surface area contributed by atoms with Gasteiger partial charge in [0.05, 0.1) is 17.4 Å². The Labute approximate surface area is 348 Å². The zero-order valence-corrected chi connectivity index (χ0v) is 35.7. The molecule has 1 saturated heterocycles. The highest BCUT2D eigenvalue weighted by atomic mass is 16.7. The number of ketones is 1. The van der Waals surface area contributed by atoms with Gasteiger partial charge in [-0.25, -0.2) is 4.79 Å². The van der Waals surface area contributed by atoms with Crippen LogP contribution in [0.25, 0.3) is 0 Å². The van der Waals surface area contributed by atoms with Gasteiger partial charge in [-0.3, -0.25) is 38.4 Å². The molecule has 328 valence electrons. The van der Waals surface area contributed by atoms with E-state index in [1.54, 1.807) is 19.9 Å². The number of carbonyl (C=O) groups excluding carboxylic acids is 9. The van der Waals surface area contributed by atoms with Gasteiger partial charge in [0, 0.05) is 65.2 Å². The highest BCUT2D eigenvalue weighted by molar-refractivity contribution is 5.94. The summed E-state index contributed by atoms with van der Waals surface area (Å²) in [5, 5.41) is 0. The summed E-state index contributed by atoms with van der Waals surface area (Å²) >= 11 is 0. The summed E-state index contributed by atoms with van der Waals surface area (Å²) in [6, 6.07) is 7.48. The highest BCUT2D eigenvalue weighted by Gasteiger charge is 2.76. The minimum atomic E-state index is -2.59. The molecule has 0 aromatic heterocycles. The van der Waals surface area contributed by atoms with Crippen molar-refractivity contribution in [2.24, 2.45) is 23.2 Å². The summed E-state index contributed by atoms with van der Waals surface area (Å²) in [7, 11) is 0.